The molecule has 0 bridgehead atoms. The molecule has 2 unspecified atom stereocenters. The molecule has 0 aliphatic rings. The summed E-state index contributed by atoms with van der Waals surface area (Å²) in [7, 11) is 1.46. The van der Waals surface area contributed by atoms with Gasteiger partial charge in [-0.1, -0.05) is 26.0 Å². The van der Waals surface area contributed by atoms with Gasteiger partial charge in [0.25, 0.3) is 5.91 Å². The van der Waals surface area contributed by atoms with Gasteiger partial charge in [-0.25, -0.2) is 9.07 Å². The molecule has 1 aromatic heterocycles. The molecule has 0 spiro atoms. The second kappa shape index (κ2) is 13.3. The molecule has 0 radical (unpaired) electrons. The first kappa shape index (κ1) is 31.8. The van der Waals surface area contributed by atoms with Crippen LogP contribution >= 0.6 is 0 Å². The highest BCUT2D eigenvalue weighted by Gasteiger charge is 2.31. The molecule has 1 amide bonds. The molecule has 2 aromatic carbocycles. The summed E-state index contributed by atoms with van der Waals surface area (Å²) in [5.41, 5.74) is 1.07. The van der Waals surface area contributed by atoms with Crippen molar-refractivity contribution in [3.63, 3.8) is 0 Å². The van der Waals surface area contributed by atoms with E-state index in [2.05, 4.69) is 5.10 Å². The van der Waals surface area contributed by atoms with Crippen molar-refractivity contribution in [1.29, 1.82) is 0 Å². The van der Waals surface area contributed by atoms with E-state index in [1.165, 1.54) is 53.0 Å². The number of carbonyl (C=O) groups is 2. The van der Waals surface area contributed by atoms with Gasteiger partial charge < -0.3 is 20.2 Å². The summed E-state index contributed by atoms with van der Waals surface area (Å²) in [6, 6.07) is 10.1. The number of rotatable bonds is 12. The highest BCUT2D eigenvalue weighted by atomic mass is 19.4. The quantitative estimate of drug-likeness (QED) is 0.262. The number of amides is 1. The number of benzene rings is 2. The Hall–Kier alpha value is -3.77. The van der Waals surface area contributed by atoms with Crippen molar-refractivity contribution >= 4 is 11.9 Å². The second-order valence-corrected chi connectivity index (χ2v) is 10.3. The smallest absolute Gasteiger partial charge is 0.416 e. The van der Waals surface area contributed by atoms with Crippen LogP contribution < -0.4 is 0 Å². The maximum atomic E-state index is 13.7. The first-order valence-electron chi connectivity index (χ1n) is 13.0. The molecule has 3 N–H and O–H groups in total. The Labute approximate surface area is 234 Å². The minimum absolute atomic E-state index is 0.0641. The fourth-order valence-electron chi connectivity index (χ4n) is 4.66. The number of alkyl halides is 3. The van der Waals surface area contributed by atoms with Crippen LogP contribution in [-0.2, 0) is 23.9 Å². The number of hydrogen-bond acceptors (Lipinski definition) is 5. The largest absolute Gasteiger partial charge is 0.481 e. The maximum Gasteiger partial charge on any atom is 0.416 e. The van der Waals surface area contributed by atoms with E-state index in [1.807, 2.05) is 13.8 Å². The third-order valence-electron chi connectivity index (χ3n) is 6.56. The summed E-state index contributed by atoms with van der Waals surface area (Å²) in [6.45, 7) is 3.57. The number of carboxylic acids is 1. The van der Waals surface area contributed by atoms with Crippen molar-refractivity contribution in [3.05, 3.63) is 82.4 Å². The van der Waals surface area contributed by atoms with Crippen molar-refractivity contribution in [1.82, 2.24) is 14.7 Å². The average molecular weight is 580 g/mol. The van der Waals surface area contributed by atoms with E-state index >= 15 is 0 Å². The molecule has 2 atom stereocenters. The minimum Gasteiger partial charge on any atom is -0.481 e. The summed E-state index contributed by atoms with van der Waals surface area (Å²) in [4.78, 5) is 25.7. The first-order chi connectivity index (χ1) is 19.2. The lowest BCUT2D eigenvalue weighted by molar-refractivity contribution is -0.139. The predicted molar refractivity (Wildman–Crippen MR) is 142 cm³/mol. The summed E-state index contributed by atoms with van der Waals surface area (Å²) >= 11 is 0. The van der Waals surface area contributed by atoms with E-state index in [9.17, 15) is 37.4 Å². The van der Waals surface area contributed by atoms with Crippen LogP contribution in [0.2, 0.25) is 0 Å². The Morgan fingerprint density at radius 2 is 1.71 bits per heavy atom. The Balaban J connectivity index is 1.96. The van der Waals surface area contributed by atoms with Gasteiger partial charge in [-0.3, -0.25) is 9.59 Å². The fourth-order valence-corrected chi connectivity index (χ4v) is 4.66. The van der Waals surface area contributed by atoms with E-state index in [0.717, 1.165) is 12.1 Å². The molecule has 1 heterocycles. The zero-order valence-electron chi connectivity index (χ0n) is 22.9. The number of aliphatic hydroxyl groups is 2. The van der Waals surface area contributed by atoms with E-state index in [4.69, 9.17) is 5.11 Å². The van der Waals surface area contributed by atoms with E-state index in [-0.39, 0.29) is 43.0 Å². The van der Waals surface area contributed by atoms with Gasteiger partial charge in [0, 0.05) is 24.8 Å². The Bertz CT molecular complexity index is 1360. The van der Waals surface area contributed by atoms with Crippen LogP contribution in [0.15, 0.2) is 48.5 Å². The predicted octanol–water partition coefficient (Wildman–Crippen LogP) is 4.95. The van der Waals surface area contributed by atoms with Crippen molar-refractivity contribution in [2.24, 2.45) is 0 Å². The van der Waals surface area contributed by atoms with Crippen LogP contribution in [-0.4, -0.2) is 61.1 Å². The number of carboxylic acid groups (broad SMARTS) is 1. The van der Waals surface area contributed by atoms with Gasteiger partial charge in [0.15, 0.2) is 5.69 Å². The Morgan fingerprint density at radius 3 is 2.29 bits per heavy atom. The lowest BCUT2D eigenvalue weighted by Gasteiger charge is -2.19. The normalized spacial score (nSPS) is 13.3. The standard InChI is InChI=1S/C29H33F4N3O5/c1-17(2)26-24(12-11-22(37)14-23(38)15-25(39)40)36(21-9-7-20(30)8-10-21)34-27(26)28(41)35(3)16-18-5-4-6-19(13-18)29(31,32)33/h4-10,13,17,22-23,37-38H,11-12,14-16H2,1-3H3,(H,39,40). The molecule has 41 heavy (non-hydrogen) atoms. The molecular formula is C29H33F4N3O5. The molecule has 3 aromatic rings. The molecule has 0 aliphatic carbocycles. The van der Waals surface area contributed by atoms with Crippen LogP contribution in [0.3, 0.4) is 0 Å². The molecule has 0 saturated carbocycles. The van der Waals surface area contributed by atoms with Gasteiger partial charge in [-0.2, -0.15) is 18.3 Å². The van der Waals surface area contributed by atoms with Gasteiger partial charge in [-0.05, 0) is 67.1 Å². The minimum atomic E-state index is -4.53. The number of nitrogens with zero attached hydrogens (tertiary/aromatic N) is 3. The Morgan fingerprint density at radius 1 is 1.05 bits per heavy atom. The van der Waals surface area contributed by atoms with Crippen LogP contribution in [0.5, 0.6) is 0 Å². The zero-order valence-corrected chi connectivity index (χ0v) is 22.9. The van der Waals surface area contributed by atoms with Crippen LogP contribution in [0.1, 0.15) is 71.9 Å². The van der Waals surface area contributed by atoms with Gasteiger partial charge in [0.2, 0.25) is 0 Å². The lowest BCUT2D eigenvalue weighted by atomic mass is 9.95. The molecule has 0 aliphatic heterocycles. The molecule has 8 nitrogen and oxygen atoms in total. The fraction of sp³-hybridized carbons (Fsp3) is 0.414. The molecule has 3 rings (SSSR count). The van der Waals surface area contributed by atoms with Gasteiger partial charge >= 0.3 is 12.1 Å². The van der Waals surface area contributed by atoms with Crippen molar-refractivity contribution in [2.45, 2.75) is 70.4 Å². The highest BCUT2D eigenvalue weighted by Crippen LogP contribution is 2.31. The molecule has 0 saturated heterocycles. The number of aromatic nitrogens is 2. The number of carbonyl (C=O) groups excluding carboxylic acids is 1. The number of aliphatic hydroxyl groups excluding tert-OH is 2. The first-order valence-corrected chi connectivity index (χ1v) is 13.0. The maximum absolute atomic E-state index is 13.7. The van der Waals surface area contributed by atoms with E-state index in [1.54, 1.807) is 0 Å². The average Bonchev–Trinajstić information content (AvgIpc) is 3.26. The van der Waals surface area contributed by atoms with Crippen LogP contribution in [0.25, 0.3) is 5.69 Å². The third kappa shape index (κ3) is 8.37. The molecule has 12 heteroatoms. The van der Waals surface area contributed by atoms with E-state index in [0.29, 0.717) is 16.9 Å². The van der Waals surface area contributed by atoms with Gasteiger partial charge in [0.1, 0.15) is 5.82 Å². The lowest BCUT2D eigenvalue weighted by Crippen LogP contribution is -2.28. The van der Waals surface area contributed by atoms with Crippen LogP contribution in [0.4, 0.5) is 17.6 Å². The number of aliphatic carboxylic acids is 1. The molecule has 0 fully saturated rings. The van der Waals surface area contributed by atoms with Crippen LogP contribution in [0, 0.1) is 5.82 Å². The molecule has 222 valence electrons. The van der Waals surface area contributed by atoms with E-state index < -0.39 is 48.1 Å². The summed E-state index contributed by atoms with van der Waals surface area (Å²) in [5, 5.41) is 33.8. The zero-order chi connectivity index (χ0) is 30.5. The second-order valence-electron chi connectivity index (χ2n) is 10.3. The summed E-state index contributed by atoms with van der Waals surface area (Å²) < 4.78 is 54.7. The Kier molecular flexibility index (Phi) is 10.3. The summed E-state index contributed by atoms with van der Waals surface area (Å²) in [5.74, 6) is -2.45. The van der Waals surface area contributed by atoms with Crippen molar-refractivity contribution < 1.29 is 42.5 Å². The van der Waals surface area contributed by atoms with Gasteiger partial charge in [-0.15, -0.1) is 0 Å². The molecular weight excluding hydrogens is 546 g/mol. The monoisotopic (exact) mass is 579 g/mol. The summed E-state index contributed by atoms with van der Waals surface area (Å²) in [6.07, 6.45) is -7.21. The topological polar surface area (TPSA) is 116 Å². The van der Waals surface area contributed by atoms with Crippen molar-refractivity contribution in [3.8, 4) is 5.69 Å². The third-order valence-corrected chi connectivity index (χ3v) is 6.56. The number of halogens is 4. The number of hydrogen-bond donors (Lipinski definition) is 3. The van der Waals surface area contributed by atoms with Gasteiger partial charge in [0.05, 0.1) is 29.9 Å². The highest BCUT2D eigenvalue weighted by molar-refractivity contribution is 5.94. The van der Waals surface area contributed by atoms with Crippen molar-refractivity contribution in [2.75, 3.05) is 7.05 Å². The SMILES string of the molecule is CC(C)c1c(C(=O)N(C)Cc2cccc(C(F)(F)F)c2)nn(-c2ccc(F)cc2)c1CCC(O)CC(O)CC(=O)O.